The van der Waals surface area contributed by atoms with Crippen LogP contribution in [-0.4, -0.2) is 28.5 Å². The van der Waals surface area contributed by atoms with Gasteiger partial charge in [-0.05, 0) is 44.9 Å². The molecule has 0 spiro atoms. The summed E-state index contributed by atoms with van der Waals surface area (Å²) in [7, 11) is 0. The number of hydrogen-bond acceptors (Lipinski definition) is 5. The zero-order valence-corrected chi connectivity index (χ0v) is 16.2. The molecule has 0 bridgehead atoms. The van der Waals surface area contributed by atoms with Gasteiger partial charge in [-0.1, -0.05) is 30.3 Å². The first-order chi connectivity index (χ1) is 13.5. The fourth-order valence-electron chi connectivity index (χ4n) is 3.86. The van der Waals surface area contributed by atoms with E-state index in [2.05, 4.69) is 11.0 Å². The SMILES string of the molecule is CC(C)Oc1ccc([N+](=O)[O-])cc1CN1CCC[C@@H]1[C@H](C#N)c1ccccc1. The van der Waals surface area contributed by atoms with Crippen LogP contribution in [0.1, 0.15) is 43.7 Å². The predicted octanol–water partition coefficient (Wildman–Crippen LogP) is 4.65. The minimum Gasteiger partial charge on any atom is -0.491 e. The molecule has 1 saturated heterocycles. The first kappa shape index (κ1) is 19.8. The third-order valence-electron chi connectivity index (χ3n) is 5.09. The Morgan fingerprint density at radius 3 is 2.68 bits per heavy atom. The second kappa shape index (κ2) is 8.85. The lowest BCUT2D eigenvalue weighted by molar-refractivity contribution is -0.385. The van der Waals surface area contributed by atoms with Gasteiger partial charge in [-0.3, -0.25) is 15.0 Å². The van der Waals surface area contributed by atoms with E-state index in [0.29, 0.717) is 12.3 Å². The Morgan fingerprint density at radius 1 is 1.29 bits per heavy atom. The summed E-state index contributed by atoms with van der Waals surface area (Å²) in [5.74, 6) is 0.441. The number of likely N-dealkylation sites (tertiary alicyclic amines) is 1. The molecule has 3 rings (SSSR count). The summed E-state index contributed by atoms with van der Waals surface area (Å²) in [4.78, 5) is 13.1. The molecule has 1 heterocycles. The van der Waals surface area contributed by atoms with Gasteiger partial charge in [0.15, 0.2) is 0 Å². The number of ether oxygens (including phenoxy) is 1. The molecule has 1 aliphatic rings. The van der Waals surface area contributed by atoms with Crippen LogP contribution in [0.4, 0.5) is 5.69 Å². The Kier molecular flexibility index (Phi) is 6.27. The van der Waals surface area contributed by atoms with Gasteiger partial charge in [-0.25, -0.2) is 0 Å². The van der Waals surface area contributed by atoms with E-state index in [1.165, 1.54) is 6.07 Å². The number of benzene rings is 2. The summed E-state index contributed by atoms with van der Waals surface area (Å²) in [6.45, 7) is 5.26. The second-order valence-corrected chi connectivity index (χ2v) is 7.41. The largest absolute Gasteiger partial charge is 0.491 e. The predicted molar refractivity (Wildman–Crippen MR) is 107 cm³/mol. The maximum atomic E-state index is 11.2. The van der Waals surface area contributed by atoms with Crippen molar-refractivity contribution in [2.24, 2.45) is 0 Å². The lowest BCUT2D eigenvalue weighted by Crippen LogP contribution is -2.33. The van der Waals surface area contributed by atoms with Crippen LogP contribution in [-0.2, 0) is 6.54 Å². The molecule has 6 nitrogen and oxygen atoms in total. The van der Waals surface area contributed by atoms with Gasteiger partial charge in [0, 0.05) is 30.3 Å². The Labute approximate surface area is 165 Å². The van der Waals surface area contributed by atoms with Crippen molar-refractivity contribution in [3.8, 4) is 11.8 Å². The van der Waals surface area contributed by atoms with Crippen molar-refractivity contribution < 1.29 is 9.66 Å². The van der Waals surface area contributed by atoms with Crippen LogP contribution in [0.3, 0.4) is 0 Å². The highest BCUT2D eigenvalue weighted by Gasteiger charge is 2.33. The number of non-ortho nitro benzene ring substituents is 1. The average molecular weight is 379 g/mol. The molecule has 2 atom stereocenters. The number of nitrogens with zero attached hydrogens (tertiary/aromatic N) is 3. The van der Waals surface area contributed by atoms with Gasteiger partial charge in [0.05, 0.1) is 23.0 Å². The standard InChI is InChI=1S/C22H25N3O3/c1-16(2)28-22-11-10-19(25(26)27)13-18(22)15-24-12-6-9-21(24)20(14-23)17-7-4-3-5-8-17/h3-5,7-8,10-11,13,16,20-21H,6,9,12,15H2,1-2H3/t20-,21-/m1/s1. The molecular formula is C22H25N3O3. The molecule has 28 heavy (non-hydrogen) atoms. The number of rotatable bonds is 7. The Hall–Kier alpha value is -2.91. The summed E-state index contributed by atoms with van der Waals surface area (Å²) in [6, 6.07) is 17.1. The molecule has 0 amide bonds. The molecule has 0 radical (unpaired) electrons. The summed E-state index contributed by atoms with van der Waals surface area (Å²) >= 11 is 0. The number of nitro benzene ring substituents is 1. The van der Waals surface area contributed by atoms with Gasteiger partial charge in [-0.15, -0.1) is 0 Å². The highest BCUT2D eigenvalue weighted by molar-refractivity contribution is 5.44. The molecule has 6 heteroatoms. The number of nitro groups is 1. The molecule has 1 fully saturated rings. The summed E-state index contributed by atoms with van der Waals surface area (Å²) < 4.78 is 5.88. The zero-order chi connectivity index (χ0) is 20.1. The fourth-order valence-corrected chi connectivity index (χ4v) is 3.86. The normalized spacial score (nSPS) is 18.0. The average Bonchev–Trinajstić information content (AvgIpc) is 3.12. The monoisotopic (exact) mass is 379 g/mol. The molecule has 0 unspecified atom stereocenters. The highest BCUT2D eigenvalue weighted by atomic mass is 16.6. The van der Waals surface area contributed by atoms with Crippen molar-refractivity contribution in [2.45, 2.75) is 51.3 Å². The van der Waals surface area contributed by atoms with Gasteiger partial charge in [0.25, 0.3) is 5.69 Å². The molecule has 0 N–H and O–H groups in total. The topological polar surface area (TPSA) is 79.4 Å². The molecule has 0 saturated carbocycles. The van der Waals surface area contributed by atoms with Gasteiger partial charge in [-0.2, -0.15) is 5.26 Å². The Bertz CT molecular complexity index is 861. The van der Waals surface area contributed by atoms with Crippen LogP contribution in [0.15, 0.2) is 48.5 Å². The van der Waals surface area contributed by atoms with Crippen molar-refractivity contribution in [3.63, 3.8) is 0 Å². The minimum atomic E-state index is -0.383. The second-order valence-electron chi connectivity index (χ2n) is 7.41. The first-order valence-corrected chi connectivity index (χ1v) is 9.62. The van der Waals surface area contributed by atoms with E-state index in [-0.39, 0.29) is 28.7 Å². The van der Waals surface area contributed by atoms with E-state index in [0.717, 1.165) is 30.5 Å². The lowest BCUT2D eigenvalue weighted by atomic mass is 9.91. The molecule has 2 aromatic carbocycles. The quantitative estimate of drug-likeness (QED) is 0.517. The maximum absolute atomic E-state index is 11.2. The van der Waals surface area contributed by atoms with Crippen molar-refractivity contribution in [2.75, 3.05) is 6.54 Å². The fraction of sp³-hybridized carbons (Fsp3) is 0.409. The third kappa shape index (κ3) is 4.49. The van der Waals surface area contributed by atoms with Crippen LogP contribution in [0.2, 0.25) is 0 Å². The number of hydrogen-bond donors (Lipinski definition) is 0. The Morgan fingerprint density at radius 2 is 2.04 bits per heavy atom. The minimum absolute atomic E-state index is 0.0224. The van der Waals surface area contributed by atoms with E-state index in [4.69, 9.17) is 4.74 Å². The smallest absolute Gasteiger partial charge is 0.270 e. The third-order valence-corrected chi connectivity index (χ3v) is 5.09. The highest BCUT2D eigenvalue weighted by Crippen LogP contribution is 2.34. The van der Waals surface area contributed by atoms with Gasteiger partial charge in [0.1, 0.15) is 5.75 Å². The van der Waals surface area contributed by atoms with Crippen molar-refractivity contribution >= 4 is 5.69 Å². The van der Waals surface area contributed by atoms with Crippen LogP contribution in [0, 0.1) is 21.4 Å². The summed E-state index contributed by atoms with van der Waals surface area (Å²) in [5.41, 5.74) is 1.86. The van der Waals surface area contributed by atoms with Gasteiger partial charge < -0.3 is 4.74 Å². The van der Waals surface area contributed by atoms with Crippen molar-refractivity contribution in [1.82, 2.24) is 4.90 Å². The van der Waals surface area contributed by atoms with Crippen LogP contribution < -0.4 is 4.74 Å². The van der Waals surface area contributed by atoms with Crippen molar-refractivity contribution in [1.29, 1.82) is 5.26 Å². The maximum Gasteiger partial charge on any atom is 0.270 e. The van der Waals surface area contributed by atoms with Crippen LogP contribution in [0.25, 0.3) is 0 Å². The van der Waals surface area contributed by atoms with Crippen LogP contribution in [0.5, 0.6) is 5.75 Å². The number of nitriles is 1. The van der Waals surface area contributed by atoms with Gasteiger partial charge >= 0.3 is 0 Å². The summed E-state index contributed by atoms with van der Waals surface area (Å²) in [5, 5.41) is 21.1. The molecule has 0 aliphatic carbocycles. The molecule has 2 aromatic rings. The van der Waals surface area contributed by atoms with Crippen LogP contribution >= 0.6 is 0 Å². The molecule has 1 aliphatic heterocycles. The van der Waals surface area contributed by atoms with Crippen molar-refractivity contribution in [3.05, 3.63) is 69.8 Å². The van der Waals surface area contributed by atoms with E-state index in [9.17, 15) is 15.4 Å². The Balaban J connectivity index is 1.88. The molecule has 146 valence electrons. The van der Waals surface area contributed by atoms with E-state index < -0.39 is 0 Å². The first-order valence-electron chi connectivity index (χ1n) is 9.62. The van der Waals surface area contributed by atoms with E-state index in [1.54, 1.807) is 12.1 Å². The molecular weight excluding hydrogens is 354 g/mol. The zero-order valence-electron chi connectivity index (χ0n) is 16.2. The lowest BCUT2D eigenvalue weighted by Gasteiger charge is -2.29. The summed E-state index contributed by atoms with van der Waals surface area (Å²) in [6.07, 6.45) is 1.92. The van der Waals surface area contributed by atoms with E-state index in [1.807, 2.05) is 44.2 Å². The molecule has 0 aromatic heterocycles. The van der Waals surface area contributed by atoms with E-state index >= 15 is 0 Å². The van der Waals surface area contributed by atoms with Gasteiger partial charge in [0.2, 0.25) is 0 Å².